The van der Waals surface area contributed by atoms with E-state index in [1.165, 1.54) is 19.2 Å². The number of benzene rings is 1. The normalized spacial score (nSPS) is 10.6. The van der Waals surface area contributed by atoms with Gasteiger partial charge in [0.25, 0.3) is 0 Å². The van der Waals surface area contributed by atoms with Gasteiger partial charge in [0.1, 0.15) is 5.75 Å². The lowest BCUT2D eigenvalue weighted by Crippen LogP contribution is -2.04. The second-order valence-corrected chi connectivity index (χ2v) is 4.12. The number of methoxy groups -OCH3 is 1. The van der Waals surface area contributed by atoms with Crippen LogP contribution in [0.25, 0.3) is 10.3 Å². The lowest BCUT2D eigenvalue weighted by molar-refractivity contribution is -0.139. The average Bonchev–Trinajstić information content (AvgIpc) is 2.58. The zero-order chi connectivity index (χ0) is 11.7. The maximum absolute atomic E-state index is 11.1. The van der Waals surface area contributed by atoms with Crippen LogP contribution in [-0.2, 0) is 16.0 Å². The molecule has 0 fully saturated rings. The third kappa shape index (κ3) is 1.92. The Hall–Kier alpha value is -1.82. The van der Waals surface area contributed by atoms with Gasteiger partial charge < -0.3 is 14.3 Å². The molecule has 16 heavy (non-hydrogen) atoms. The minimum Gasteiger partial charge on any atom is -0.508 e. The minimum absolute atomic E-state index is 0.0107. The Morgan fingerprint density at radius 1 is 1.56 bits per heavy atom. The van der Waals surface area contributed by atoms with Gasteiger partial charge >= 0.3 is 10.9 Å². The van der Waals surface area contributed by atoms with Crippen LogP contribution >= 0.6 is 11.3 Å². The molecule has 0 radical (unpaired) electrons. The Morgan fingerprint density at radius 3 is 3.00 bits per heavy atom. The van der Waals surface area contributed by atoms with Crippen LogP contribution in [0.1, 0.15) is 5.56 Å². The molecule has 1 aromatic heterocycles. The number of hydrogen-bond acceptors (Lipinski definition) is 6. The van der Waals surface area contributed by atoms with Gasteiger partial charge in [-0.05, 0) is 6.07 Å². The maximum Gasteiger partial charge on any atom is 0.396 e. The molecule has 0 aliphatic heterocycles. The molecule has 2 rings (SSSR count). The second-order valence-electron chi connectivity index (χ2n) is 3.14. The molecule has 1 heterocycles. The third-order valence-electron chi connectivity index (χ3n) is 2.06. The molecular weight excluding hydrogens is 232 g/mol. The standard InChI is InChI=1S/C10H8O5S/c1-14-8(12)3-5-2-6(11)4-7-9(5)15-10(13)16-7/h2,4,11H,3H2,1H3. The van der Waals surface area contributed by atoms with Crippen molar-refractivity contribution in [3.05, 3.63) is 27.4 Å². The average molecular weight is 240 g/mol. The van der Waals surface area contributed by atoms with Crippen molar-refractivity contribution in [2.45, 2.75) is 6.42 Å². The van der Waals surface area contributed by atoms with Crippen molar-refractivity contribution in [3.8, 4) is 5.75 Å². The zero-order valence-corrected chi connectivity index (χ0v) is 9.17. The molecule has 0 saturated heterocycles. The topological polar surface area (TPSA) is 76.7 Å². The number of carbonyl (C=O) groups is 1. The van der Waals surface area contributed by atoms with E-state index in [0.29, 0.717) is 15.8 Å². The highest BCUT2D eigenvalue weighted by atomic mass is 32.1. The van der Waals surface area contributed by atoms with Gasteiger partial charge in [0.15, 0.2) is 5.58 Å². The first-order valence-corrected chi connectivity index (χ1v) is 5.24. The summed E-state index contributed by atoms with van der Waals surface area (Å²) in [6, 6.07) is 2.81. The first kappa shape index (κ1) is 10.7. The van der Waals surface area contributed by atoms with Crippen molar-refractivity contribution in [3.63, 3.8) is 0 Å². The van der Waals surface area contributed by atoms with Gasteiger partial charge in [0.05, 0.1) is 18.2 Å². The highest BCUT2D eigenvalue weighted by molar-refractivity contribution is 7.16. The number of carbonyl (C=O) groups excluding carboxylic acids is 1. The van der Waals surface area contributed by atoms with Crippen molar-refractivity contribution in [2.24, 2.45) is 0 Å². The molecular formula is C10H8O5S. The first-order valence-electron chi connectivity index (χ1n) is 4.42. The predicted molar refractivity (Wildman–Crippen MR) is 57.7 cm³/mol. The molecule has 1 aromatic carbocycles. The van der Waals surface area contributed by atoms with E-state index in [1.807, 2.05) is 0 Å². The Morgan fingerprint density at radius 2 is 2.31 bits per heavy atom. The van der Waals surface area contributed by atoms with E-state index in [9.17, 15) is 14.7 Å². The Labute approximate surface area is 93.9 Å². The summed E-state index contributed by atoms with van der Waals surface area (Å²) < 4.78 is 9.97. The maximum atomic E-state index is 11.1. The summed E-state index contributed by atoms with van der Waals surface area (Å²) in [5, 5.41) is 9.42. The summed E-state index contributed by atoms with van der Waals surface area (Å²) in [5.41, 5.74) is 0.776. The van der Waals surface area contributed by atoms with E-state index in [-0.39, 0.29) is 12.2 Å². The van der Waals surface area contributed by atoms with Crippen molar-refractivity contribution >= 4 is 27.6 Å². The van der Waals surface area contributed by atoms with Gasteiger partial charge in [-0.15, -0.1) is 0 Å². The Balaban J connectivity index is 2.58. The number of phenolic OH excluding ortho intramolecular Hbond substituents is 1. The monoisotopic (exact) mass is 240 g/mol. The molecule has 0 aliphatic rings. The summed E-state index contributed by atoms with van der Waals surface area (Å²) in [5.74, 6) is -0.468. The SMILES string of the molecule is COC(=O)Cc1cc(O)cc2sc(=O)oc12. The van der Waals surface area contributed by atoms with Gasteiger partial charge in [0.2, 0.25) is 0 Å². The Kier molecular flexibility index (Phi) is 2.66. The molecule has 0 unspecified atom stereocenters. The summed E-state index contributed by atoms with van der Waals surface area (Å²) in [6.07, 6.45) is -0.0406. The van der Waals surface area contributed by atoms with Crippen LogP contribution in [0.15, 0.2) is 21.3 Å². The first-order chi connectivity index (χ1) is 7.60. The van der Waals surface area contributed by atoms with Crippen LogP contribution in [0.2, 0.25) is 0 Å². The zero-order valence-electron chi connectivity index (χ0n) is 8.35. The van der Waals surface area contributed by atoms with Gasteiger partial charge in [-0.25, -0.2) is 4.79 Å². The van der Waals surface area contributed by atoms with Crippen molar-refractivity contribution in [1.29, 1.82) is 0 Å². The molecule has 0 atom stereocenters. The Bertz CT molecular complexity index is 595. The number of fused-ring (bicyclic) bond motifs is 1. The van der Waals surface area contributed by atoms with E-state index < -0.39 is 10.9 Å². The molecule has 0 aliphatic carbocycles. The molecule has 5 nitrogen and oxygen atoms in total. The van der Waals surface area contributed by atoms with E-state index >= 15 is 0 Å². The molecule has 0 amide bonds. The number of esters is 1. The number of hydrogen-bond donors (Lipinski definition) is 1. The van der Waals surface area contributed by atoms with Gasteiger partial charge in [-0.3, -0.25) is 4.79 Å². The van der Waals surface area contributed by atoms with Crippen LogP contribution in [-0.4, -0.2) is 18.2 Å². The fraction of sp³-hybridized carbons (Fsp3) is 0.200. The van der Waals surface area contributed by atoms with Crippen LogP contribution in [0.3, 0.4) is 0 Å². The number of rotatable bonds is 2. The fourth-order valence-corrected chi connectivity index (χ4v) is 2.14. The lowest BCUT2D eigenvalue weighted by Gasteiger charge is -2.01. The fourth-order valence-electron chi connectivity index (χ4n) is 1.39. The van der Waals surface area contributed by atoms with Crippen molar-refractivity contribution in [1.82, 2.24) is 0 Å². The molecule has 0 spiro atoms. The second kappa shape index (κ2) is 3.97. The molecule has 6 heteroatoms. The third-order valence-corrected chi connectivity index (χ3v) is 2.83. The van der Waals surface area contributed by atoms with Crippen molar-refractivity contribution < 1.29 is 19.1 Å². The van der Waals surface area contributed by atoms with Crippen LogP contribution < -0.4 is 4.94 Å². The van der Waals surface area contributed by atoms with E-state index in [2.05, 4.69) is 4.74 Å². The smallest absolute Gasteiger partial charge is 0.396 e. The number of aromatic hydroxyl groups is 1. The molecule has 84 valence electrons. The van der Waals surface area contributed by atoms with E-state index in [1.54, 1.807) is 0 Å². The van der Waals surface area contributed by atoms with Gasteiger partial charge in [-0.2, -0.15) is 0 Å². The highest BCUT2D eigenvalue weighted by Crippen LogP contribution is 2.27. The number of phenols is 1. The van der Waals surface area contributed by atoms with Crippen LogP contribution in [0, 0.1) is 0 Å². The molecule has 0 bridgehead atoms. The van der Waals surface area contributed by atoms with E-state index in [0.717, 1.165) is 11.3 Å². The predicted octanol–water partition coefficient (Wildman–Crippen LogP) is 1.28. The van der Waals surface area contributed by atoms with Crippen LogP contribution in [0.5, 0.6) is 5.75 Å². The summed E-state index contributed by atoms with van der Waals surface area (Å²) in [7, 11) is 1.27. The summed E-state index contributed by atoms with van der Waals surface area (Å²) >= 11 is 0.881. The summed E-state index contributed by atoms with van der Waals surface area (Å²) in [6.45, 7) is 0. The number of ether oxygens (including phenoxy) is 1. The molecule has 0 saturated carbocycles. The van der Waals surface area contributed by atoms with Gasteiger partial charge in [0, 0.05) is 11.6 Å². The largest absolute Gasteiger partial charge is 0.508 e. The summed E-state index contributed by atoms with van der Waals surface area (Å²) in [4.78, 5) is 21.7. The minimum atomic E-state index is -0.466. The highest BCUT2D eigenvalue weighted by Gasteiger charge is 2.13. The molecule has 1 N–H and O–H groups in total. The van der Waals surface area contributed by atoms with Gasteiger partial charge in [-0.1, -0.05) is 11.3 Å². The lowest BCUT2D eigenvalue weighted by atomic mass is 10.1. The van der Waals surface area contributed by atoms with Crippen molar-refractivity contribution in [2.75, 3.05) is 7.11 Å². The quantitative estimate of drug-likeness (QED) is 0.800. The molecule has 2 aromatic rings. The van der Waals surface area contributed by atoms with Crippen LogP contribution in [0.4, 0.5) is 0 Å². The van der Waals surface area contributed by atoms with E-state index in [4.69, 9.17) is 4.42 Å².